The van der Waals surface area contributed by atoms with Crippen LogP contribution < -0.4 is 9.47 Å². The molecule has 0 fully saturated rings. The molecule has 4 nitrogen and oxygen atoms in total. The Labute approximate surface area is 162 Å². The van der Waals surface area contributed by atoms with Crippen molar-refractivity contribution < 1.29 is 17.9 Å². The monoisotopic (exact) mass is 386 g/mol. The molecule has 0 N–H and O–H groups in total. The van der Waals surface area contributed by atoms with Crippen LogP contribution >= 0.6 is 0 Å². The molecule has 0 aromatic heterocycles. The van der Waals surface area contributed by atoms with Crippen LogP contribution in [-0.2, 0) is 9.84 Å². The highest BCUT2D eigenvalue weighted by Gasteiger charge is 2.17. The summed E-state index contributed by atoms with van der Waals surface area (Å²) in [6.07, 6.45) is 3.93. The fourth-order valence-corrected chi connectivity index (χ4v) is 3.44. The molecule has 2 rings (SSSR count). The molecule has 5 heteroatoms. The van der Waals surface area contributed by atoms with Crippen LogP contribution in [0.25, 0.3) is 0 Å². The quantitative estimate of drug-likeness (QED) is 0.585. The van der Waals surface area contributed by atoms with E-state index in [9.17, 15) is 8.42 Å². The zero-order valence-electron chi connectivity index (χ0n) is 16.2. The summed E-state index contributed by atoms with van der Waals surface area (Å²) >= 11 is 0. The second-order valence-electron chi connectivity index (χ2n) is 6.63. The van der Waals surface area contributed by atoms with Crippen LogP contribution in [0.2, 0.25) is 0 Å². The number of sulfone groups is 1. The van der Waals surface area contributed by atoms with E-state index in [1.54, 1.807) is 48.5 Å². The fourth-order valence-electron chi connectivity index (χ4n) is 2.18. The maximum absolute atomic E-state index is 12.8. The molecule has 144 valence electrons. The van der Waals surface area contributed by atoms with Crippen LogP contribution in [0.5, 0.6) is 11.5 Å². The van der Waals surface area contributed by atoms with Crippen molar-refractivity contribution in [2.45, 2.75) is 37.5 Å². The van der Waals surface area contributed by atoms with Gasteiger partial charge in [0.05, 0.1) is 9.79 Å². The van der Waals surface area contributed by atoms with E-state index in [4.69, 9.17) is 9.47 Å². The third-order valence-corrected chi connectivity index (χ3v) is 5.54. The molecular weight excluding hydrogens is 360 g/mol. The van der Waals surface area contributed by atoms with Crippen LogP contribution in [0.4, 0.5) is 0 Å². The number of benzene rings is 2. The van der Waals surface area contributed by atoms with Crippen LogP contribution in [-0.4, -0.2) is 21.6 Å². The Morgan fingerprint density at radius 1 is 0.704 bits per heavy atom. The molecule has 27 heavy (non-hydrogen) atoms. The highest BCUT2D eigenvalue weighted by atomic mass is 32.2. The summed E-state index contributed by atoms with van der Waals surface area (Å²) in [4.78, 5) is 0.463. The maximum atomic E-state index is 12.8. The maximum Gasteiger partial charge on any atom is 0.206 e. The lowest BCUT2D eigenvalue weighted by Crippen LogP contribution is -2.03. The summed E-state index contributed by atoms with van der Waals surface area (Å²) in [5.74, 6) is 1.27. The van der Waals surface area contributed by atoms with Gasteiger partial charge < -0.3 is 9.47 Å². The molecule has 0 saturated heterocycles. The van der Waals surface area contributed by atoms with Gasteiger partial charge in [-0.15, -0.1) is 0 Å². The summed E-state index contributed by atoms with van der Waals surface area (Å²) in [5.41, 5.74) is 2.34. The number of hydrogen-bond donors (Lipinski definition) is 0. The summed E-state index contributed by atoms with van der Waals surface area (Å²) in [5, 5.41) is 0. The van der Waals surface area contributed by atoms with Crippen molar-refractivity contribution in [3.05, 3.63) is 71.8 Å². The van der Waals surface area contributed by atoms with Gasteiger partial charge in [-0.2, -0.15) is 0 Å². The van der Waals surface area contributed by atoms with Gasteiger partial charge in [-0.05, 0) is 88.4 Å². The van der Waals surface area contributed by atoms with Crippen molar-refractivity contribution >= 4 is 9.84 Å². The first-order valence-corrected chi connectivity index (χ1v) is 10.2. The summed E-state index contributed by atoms with van der Waals surface area (Å²) in [6, 6.07) is 12.9. The van der Waals surface area contributed by atoms with E-state index in [0.29, 0.717) is 24.7 Å². The molecule has 0 aliphatic heterocycles. The van der Waals surface area contributed by atoms with Gasteiger partial charge in [-0.3, -0.25) is 0 Å². The third-order valence-electron chi connectivity index (χ3n) is 3.75. The van der Waals surface area contributed by atoms with E-state index in [0.717, 1.165) is 0 Å². The first-order valence-electron chi connectivity index (χ1n) is 8.76. The molecule has 0 radical (unpaired) electrons. The van der Waals surface area contributed by atoms with Gasteiger partial charge in [0.1, 0.15) is 24.7 Å². The second-order valence-corrected chi connectivity index (χ2v) is 8.58. The van der Waals surface area contributed by atoms with Gasteiger partial charge in [0.15, 0.2) is 0 Å². The number of allylic oxidation sites excluding steroid dienone is 2. The molecule has 0 atom stereocenters. The van der Waals surface area contributed by atoms with E-state index < -0.39 is 9.84 Å². The highest BCUT2D eigenvalue weighted by molar-refractivity contribution is 7.91. The number of ether oxygens (including phenoxy) is 2. The second kappa shape index (κ2) is 9.42. The van der Waals surface area contributed by atoms with Gasteiger partial charge >= 0.3 is 0 Å². The SMILES string of the molecule is CC(C)=CCOc1ccc(S(=O)(=O)c2ccc(OCC=C(C)C)cc2)cc1. The third kappa shape index (κ3) is 6.29. The van der Waals surface area contributed by atoms with E-state index in [1.807, 2.05) is 39.8 Å². The van der Waals surface area contributed by atoms with Crippen molar-refractivity contribution in [2.24, 2.45) is 0 Å². The normalized spacial score (nSPS) is 10.8. The van der Waals surface area contributed by atoms with E-state index in [1.165, 1.54) is 11.1 Å². The smallest absolute Gasteiger partial charge is 0.206 e. The minimum absolute atomic E-state index is 0.232. The van der Waals surface area contributed by atoms with E-state index >= 15 is 0 Å². The molecule has 0 heterocycles. The van der Waals surface area contributed by atoms with Crippen LogP contribution in [0.3, 0.4) is 0 Å². The van der Waals surface area contributed by atoms with Crippen LogP contribution in [0.15, 0.2) is 81.6 Å². The minimum Gasteiger partial charge on any atom is -0.490 e. The predicted molar refractivity (Wildman–Crippen MR) is 108 cm³/mol. The average molecular weight is 387 g/mol. The van der Waals surface area contributed by atoms with E-state index in [2.05, 4.69) is 0 Å². The topological polar surface area (TPSA) is 52.6 Å². The number of rotatable bonds is 8. The van der Waals surface area contributed by atoms with Gasteiger partial charge in [0, 0.05) is 0 Å². The average Bonchev–Trinajstić information content (AvgIpc) is 2.62. The number of hydrogen-bond acceptors (Lipinski definition) is 4. The van der Waals surface area contributed by atoms with Gasteiger partial charge in [-0.1, -0.05) is 11.1 Å². The van der Waals surface area contributed by atoms with Gasteiger partial charge in [-0.25, -0.2) is 8.42 Å². The lowest BCUT2D eigenvalue weighted by atomic mass is 10.3. The van der Waals surface area contributed by atoms with Crippen molar-refractivity contribution in [3.63, 3.8) is 0 Å². The zero-order chi connectivity index (χ0) is 19.9. The Morgan fingerprint density at radius 2 is 1.04 bits per heavy atom. The Hall–Kier alpha value is -2.53. The predicted octanol–water partition coefficient (Wildman–Crippen LogP) is 5.21. The molecule has 0 spiro atoms. The van der Waals surface area contributed by atoms with Crippen molar-refractivity contribution in [1.82, 2.24) is 0 Å². The van der Waals surface area contributed by atoms with Crippen LogP contribution in [0.1, 0.15) is 27.7 Å². The molecule has 0 bridgehead atoms. The standard InChI is InChI=1S/C22H26O4S/c1-17(2)13-15-25-19-5-9-21(10-6-19)27(23,24)22-11-7-20(8-12-22)26-16-14-18(3)4/h5-14H,15-16H2,1-4H3. The molecule has 2 aromatic rings. The molecule has 0 aliphatic carbocycles. The van der Waals surface area contributed by atoms with Crippen molar-refractivity contribution in [3.8, 4) is 11.5 Å². The molecule has 2 aromatic carbocycles. The summed E-state index contributed by atoms with van der Waals surface area (Å²) in [6.45, 7) is 8.91. The lowest BCUT2D eigenvalue weighted by molar-refractivity contribution is 0.361. The molecule has 0 amide bonds. The molecule has 0 saturated carbocycles. The zero-order valence-corrected chi connectivity index (χ0v) is 17.0. The Bertz CT molecular complexity index is 826. The minimum atomic E-state index is -3.58. The van der Waals surface area contributed by atoms with Crippen LogP contribution in [0, 0.1) is 0 Å². The summed E-state index contributed by atoms with van der Waals surface area (Å²) < 4.78 is 36.7. The van der Waals surface area contributed by atoms with Crippen molar-refractivity contribution in [2.75, 3.05) is 13.2 Å². The lowest BCUT2D eigenvalue weighted by Gasteiger charge is -2.08. The van der Waals surface area contributed by atoms with Crippen molar-refractivity contribution in [1.29, 1.82) is 0 Å². The molecule has 0 aliphatic rings. The first kappa shape index (κ1) is 20.8. The molecule has 0 unspecified atom stereocenters. The Morgan fingerprint density at radius 3 is 1.33 bits per heavy atom. The Kier molecular flexibility index (Phi) is 7.25. The van der Waals surface area contributed by atoms with Gasteiger partial charge in [0.2, 0.25) is 9.84 Å². The largest absolute Gasteiger partial charge is 0.490 e. The van der Waals surface area contributed by atoms with E-state index in [-0.39, 0.29) is 9.79 Å². The highest BCUT2D eigenvalue weighted by Crippen LogP contribution is 2.25. The summed E-state index contributed by atoms with van der Waals surface area (Å²) in [7, 11) is -3.58. The first-order chi connectivity index (χ1) is 12.8. The fraction of sp³-hybridized carbons (Fsp3) is 0.273. The Balaban J connectivity index is 2.08. The molecular formula is C22H26O4S. The van der Waals surface area contributed by atoms with Gasteiger partial charge in [0.25, 0.3) is 0 Å².